The zero-order valence-electron chi connectivity index (χ0n) is 15.2. The van der Waals surface area contributed by atoms with Crippen molar-refractivity contribution in [2.45, 2.75) is 32.0 Å². The zero-order valence-corrected chi connectivity index (χ0v) is 15.2. The van der Waals surface area contributed by atoms with Crippen molar-refractivity contribution in [3.63, 3.8) is 0 Å². The summed E-state index contributed by atoms with van der Waals surface area (Å²) in [5, 5.41) is 3.07. The van der Waals surface area contributed by atoms with Gasteiger partial charge < -0.3 is 5.32 Å². The van der Waals surface area contributed by atoms with Crippen LogP contribution in [0.2, 0.25) is 0 Å². The summed E-state index contributed by atoms with van der Waals surface area (Å²) in [6, 6.07) is 19.2. The summed E-state index contributed by atoms with van der Waals surface area (Å²) in [7, 11) is 0. The third-order valence-electron chi connectivity index (χ3n) is 5.22. The highest BCUT2D eigenvalue weighted by atomic mass is 16.1. The van der Waals surface area contributed by atoms with Crippen LogP contribution in [0.5, 0.6) is 0 Å². The maximum Gasteiger partial charge on any atom is 0.251 e. The van der Waals surface area contributed by atoms with Gasteiger partial charge in [0, 0.05) is 50.9 Å². The second kappa shape index (κ2) is 8.02. The quantitative estimate of drug-likeness (QED) is 0.871. The Kier molecular flexibility index (Phi) is 5.32. The first-order valence-corrected chi connectivity index (χ1v) is 9.65. The third-order valence-corrected chi connectivity index (χ3v) is 5.22. The lowest BCUT2D eigenvalue weighted by Crippen LogP contribution is -2.45. The van der Waals surface area contributed by atoms with Gasteiger partial charge in [-0.1, -0.05) is 42.5 Å². The molecule has 4 nitrogen and oxygen atoms in total. The van der Waals surface area contributed by atoms with Crippen molar-refractivity contribution in [1.82, 2.24) is 15.1 Å². The van der Waals surface area contributed by atoms with Crippen LogP contribution in [-0.4, -0.2) is 47.9 Å². The summed E-state index contributed by atoms with van der Waals surface area (Å²) >= 11 is 0. The largest absolute Gasteiger partial charge is 0.349 e. The minimum atomic E-state index is 0.0713. The predicted molar refractivity (Wildman–Crippen MR) is 104 cm³/mol. The molecule has 0 radical (unpaired) electrons. The van der Waals surface area contributed by atoms with Crippen LogP contribution < -0.4 is 5.32 Å². The number of carbonyl (C=O) groups is 1. The normalized spacial score (nSPS) is 18.6. The van der Waals surface area contributed by atoms with Gasteiger partial charge in [0.25, 0.3) is 5.91 Å². The number of hydrogen-bond acceptors (Lipinski definition) is 3. The monoisotopic (exact) mass is 349 g/mol. The lowest BCUT2D eigenvalue weighted by atomic mass is 10.1. The molecule has 1 amide bonds. The van der Waals surface area contributed by atoms with Gasteiger partial charge in [-0.3, -0.25) is 14.6 Å². The first kappa shape index (κ1) is 17.3. The van der Waals surface area contributed by atoms with Crippen LogP contribution in [0.3, 0.4) is 0 Å². The van der Waals surface area contributed by atoms with Crippen molar-refractivity contribution in [2.75, 3.05) is 26.2 Å². The van der Waals surface area contributed by atoms with E-state index in [4.69, 9.17) is 0 Å². The SMILES string of the molecule is O=C(NC1CC1)c1cccc(CN2CCN(Cc3ccccc3)CC2)c1. The summed E-state index contributed by atoms with van der Waals surface area (Å²) in [6.07, 6.45) is 2.25. The molecule has 0 spiro atoms. The van der Waals surface area contributed by atoms with E-state index in [-0.39, 0.29) is 5.91 Å². The number of rotatable bonds is 6. The first-order valence-electron chi connectivity index (χ1n) is 9.65. The standard InChI is InChI=1S/C22H27N3O/c26-22(23-21-9-10-21)20-8-4-7-19(15-20)17-25-13-11-24(12-14-25)16-18-5-2-1-3-6-18/h1-8,15,21H,9-14,16-17H2,(H,23,26). The molecule has 0 bridgehead atoms. The summed E-state index contributed by atoms with van der Waals surface area (Å²) in [5.74, 6) is 0.0713. The first-order chi connectivity index (χ1) is 12.8. The number of piperazine rings is 1. The Morgan fingerprint density at radius 2 is 1.46 bits per heavy atom. The van der Waals surface area contributed by atoms with Crippen molar-refractivity contribution >= 4 is 5.91 Å². The lowest BCUT2D eigenvalue weighted by Gasteiger charge is -2.34. The number of nitrogens with one attached hydrogen (secondary N) is 1. The van der Waals surface area contributed by atoms with E-state index in [0.29, 0.717) is 6.04 Å². The van der Waals surface area contributed by atoms with Gasteiger partial charge >= 0.3 is 0 Å². The van der Waals surface area contributed by atoms with Crippen LogP contribution >= 0.6 is 0 Å². The van der Waals surface area contributed by atoms with Crippen LogP contribution in [0.4, 0.5) is 0 Å². The second-order valence-corrected chi connectivity index (χ2v) is 7.49. The van der Waals surface area contributed by atoms with Gasteiger partial charge in [0.15, 0.2) is 0 Å². The number of nitrogens with zero attached hydrogens (tertiary/aromatic N) is 2. The fourth-order valence-corrected chi connectivity index (χ4v) is 3.51. The average molecular weight is 349 g/mol. The molecule has 2 aromatic carbocycles. The van der Waals surface area contributed by atoms with Gasteiger partial charge in [0.2, 0.25) is 0 Å². The Morgan fingerprint density at radius 1 is 0.846 bits per heavy atom. The smallest absolute Gasteiger partial charge is 0.251 e. The molecular formula is C22H27N3O. The van der Waals surface area contributed by atoms with Gasteiger partial charge in [-0.25, -0.2) is 0 Å². The van der Waals surface area contributed by atoms with Crippen LogP contribution in [-0.2, 0) is 13.1 Å². The molecule has 1 aliphatic heterocycles. The summed E-state index contributed by atoms with van der Waals surface area (Å²) < 4.78 is 0. The Balaban J connectivity index is 1.28. The zero-order chi connectivity index (χ0) is 17.8. The molecule has 136 valence electrons. The Bertz CT molecular complexity index is 734. The minimum Gasteiger partial charge on any atom is -0.349 e. The van der Waals surface area contributed by atoms with Crippen molar-refractivity contribution in [3.8, 4) is 0 Å². The molecule has 26 heavy (non-hydrogen) atoms. The van der Waals surface area contributed by atoms with Crippen molar-refractivity contribution in [3.05, 3.63) is 71.3 Å². The van der Waals surface area contributed by atoms with Crippen molar-refractivity contribution in [2.24, 2.45) is 0 Å². The van der Waals surface area contributed by atoms with Gasteiger partial charge in [-0.2, -0.15) is 0 Å². The molecule has 1 saturated carbocycles. The molecule has 0 unspecified atom stereocenters. The maximum atomic E-state index is 12.2. The number of hydrogen-bond donors (Lipinski definition) is 1. The number of carbonyl (C=O) groups excluding carboxylic acids is 1. The molecule has 1 saturated heterocycles. The molecule has 0 aromatic heterocycles. The van der Waals surface area contributed by atoms with E-state index in [1.54, 1.807) is 0 Å². The molecule has 0 atom stereocenters. The Morgan fingerprint density at radius 3 is 2.12 bits per heavy atom. The van der Waals surface area contributed by atoms with Crippen molar-refractivity contribution < 1.29 is 4.79 Å². The Hall–Kier alpha value is -2.17. The fraction of sp³-hybridized carbons (Fsp3) is 0.409. The van der Waals surface area contributed by atoms with E-state index in [9.17, 15) is 4.79 Å². The van der Waals surface area contributed by atoms with Crippen LogP contribution in [0.15, 0.2) is 54.6 Å². The summed E-state index contributed by atoms with van der Waals surface area (Å²) in [4.78, 5) is 17.2. The number of amides is 1. The highest BCUT2D eigenvalue weighted by Crippen LogP contribution is 2.20. The maximum absolute atomic E-state index is 12.2. The molecule has 1 N–H and O–H groups in total. The lowest BCUT2D eigenvalue weighted by molar-refractivity contribution is 0.0950. The van der Waals surface area contributed by atoms with Crippen LogP contribution in [0.25, 0.3) is 0 Å². The van der Waals surface area contributed by atoms with Gasteiger partial charge in [0.05, 0.1) is 0 Å². The van der Waals surface area contributed by atoms with E-state index in [0.717, 1.165) is 57.7 Å². The molecule has 2 aliphatic rings. The molecule has 4 rings (SSSR count). The van der Waals surface area contributed by atoms with E-state index in [1.165, 1.54) is 11.1 Å². The van der Waals surface area contributed by atoms with Crippen LogP contribution in [0.1, 0.15) is 34.3 Å². The van der Waals surface area contributed by atoms with E-state index >= 15 is 0 Å². The van der Waals surface area contributed by atoms with Crippen molar-refractivity contribution in [1.29, 1.82) is 0 Å². The highest BCUT2D eigenvalue weighted by Gasteiger charge is 2.24. The van der Waals surface area contributed by atoms with Gasteiger partial charge in [-0.05, 0) is 36.1 Å². The van der Waals surface area contributed by atoms with Gasteiger partial charge in [-0.15, -0.1) is 0 Å². The molecule has 2 aromatic rings. The molecular weight excluding hydrogens is 322 g/mol. The summed E-state index contributed by atoms with van der Waals surface area (Å²) in [6.45, 7) is 6.29. The molecule has 1 heterocycles. The van der Waals surface area contributed by atoms with Crippen LogP contribution in [0, 0.1) is 0 Å². The van der Waals surface area contributed by atoms with E-state index < -0.39 is 0 Å². The Labute approximate surface area is 155 Å². The molecule has 1 aliphatic carbocycles. The van der Waals surface area contributed by atoms with E-state index in [2.05, 4.69) is 51.5 Å². The van der Waals surface area contributed by atoms with E-state index in [1.807, 2.05) is 18.2 Å². The highest BCUT2D eigenvalue weighted by molar-refractivity contribution is 5.94. The fourth-order valence-electron chi connectivity index (χ4n) is 3.51. The van der Waals surface area contributed by atoms with Gasteiger partial charge in [0.1, 0.15) is 0 Å². The number of benzene rings is 2. The third kappa shape index (κ3) is 4.71. The topological polar surface area (TPSA) is 35.6 Å². The predicted octanol–water partition coefficient (Wildman–Crippen LogP) is 2.90. The molecule has 2 fully saturated rings. The minimum absolute atomic E-state index is 0.0713. The molecule has 4 heteroatoms. The second-order valence-electron chi connectivity index (χ2n) is 7.49. The summed E-state index contributed by atoms with van der Waals surface area (Å²) in [5.41, 5.74) is 3.40. The average Bonchev–Trinajstić information content (AvgIpc) is 3.48.